The van der Waals surface area contributed by atoms with Gasteiger partial charge in [0.05, 0.1) is 28.2 Å². The van der Waals surface area contributed by atoms with Crippen LogP contribution >= 0.6 is 0 Å². The number of nitro groups is 1. The summed E-state index contributed by atoms with van der Waals surface area (Å²) in [6, 6.07) is 11.4. The molecule has 0 fully saturated rings. The van der Waals surface area contributed by atoms with Crippen LogP contribution in [0.4, 0.5) is 5.69 Å². The van der Waals surface area contributed by atoms with E-state index in [9.17, 15) is 14.9 Å². The van der Waals surface area contributed by atoms with Gasteiger partial charge in [-0.05, 0) is 18.2 Å². The second-order valence-electron chi connectivity index (χ2n) is 5.23. The summed E-state index contributed by atoms with van der Waals surface area (Å²) in [5.74, 6) is -0.0409. The molecule has 0 bridgehead atoms. The van der Waals surface area contributed by atoms with E-state index in [1.807, 2.05) is 6.07 Å². The second-order valence-corrected chi connectivity index (χ2v) is 5.23. The van der Waals surface area contributed by atoms with Crippen LogP contribution < -0.4 is 9.47 Å². The molecule has 2 aromatic carbocycles. The zero-order valence-electron chi connectivity index (χ0n) is 13.4. The number of hydrogen-bond donors (Lipinski definition) is 0. The third-order valence-electron chi connectivity index (χ3n) is 3.63. The number of benzene rings is 2. The topological polar surface area (TPSA) is 112 Å². The lowest BCUT2D eigenvalue weighted by Crippen LogP contribution is -2.02. The highest BCUT2D eigenvalue weighted by molar-refractivity contribution is 5.88. The monoisotopic (exact) mass is 352 g/mol. The molecule has 0 saturated carbocycles. The average molecular weight is 352 g/mol. The quantitative estimate of drug-likeness (QED) is 0.352. The summed E-state index contributed by atoms with van der Waals surface area (Å²) in [6.07, 6.45) is 2.36. The van der Waals surface area contributed by atoms with Gasteiger partial charge in [-0.15, -0.1) is 0 Å². The van der Waals surface area contributed by atoms with Crippen LogP contribution in [-0.4, -0.2) is 17.7 Å². The Kier molecular flexibility index (Phi) is 4.80. The average Bonchev–Trinajstić information content (AvgIpc) is 3.11. The zero-order valence-corrected chi connectivity index (χ0v) is 13.4. The van der Waals surface area contributed by atoms with Gasteiger partial charge in [0.25, 0.3) is 5.69 Å². The van der Waals surface area contributed by atoms with Crippen molar-refractivity contribution in [3.63, 3.8) is 0 Å². The van der Waals surface area contributed by atoms with Crippen molar-refractivity contribution >= 4 is 17.7 Å². The van der Waals surface area contributed by atoms with Crippen molar-refractivity contribution in [1.29, 1.82) is 5.26 Å². The molecule has 8 nitrogen and oxygen atoms in total. The maximum Gasteiger partial charge on any atom is 0.331 e. The lowest BCUT2D eigenvalue weighted by atomic mass is 10.1. The number of carbonyl (C=O) groups excluding carboxylic acids is 1. The Hall–Kier alpha value is -3.86. The van der Waals surface area contributed by atoms with Crippen LogP contribution in [0.25, 0.3) is 6.08 Å². The number of fused-ring (bicyclic) bond motifs is 1. The molecule has 0 amide bonds. The fourth-order valence-corrected chi connectivity index (χ4v) is 2.35. The minimum atomic E-state index is -0.690. The Morgan fingerprint density at radius 2 is 2.04 bits per heavy atom. The first-order chi connectivity index (χ1) is 12.6. The third kappa shape index (κ3) is 3.62. The number of carbonyl (C=O) groups is 1. The van der Waals surface area contributed by atoms with Crippen molar-refractivity contribution in [2.45, 2.75) is 6.61 Å². The highest BCUT2D eigenvalue weighted by atomic mass is 16.7. The highest BCUT2D eigenvalue weighted by Gasteiger charge is 2.22. The Bertz CT molecular complexity index is 945. The van der Waals surface area contributed by atoms with Gasteiger partial charge in [-0.3, -0.25) is 10.1 Å². The Morgan fingerprint density at radius 1 is 1.31 bits per heavy atom. The molecule has 0 aliphatic carbocycles. The van der Waals surface area contributed by atoms with Gasteiger partial charge < -0.3 is 14.2 Å². The molecule has 2 aromatic rings. The van der Waals surface area contributed by atoms with Gasteiger partial charge in [0, 0.05) is 11.6 Å². The molecule has 0 aromatic heterocycles. The molecule has 1 aliphatic rings. The van der Waals surface area contributed by atoms with Crippen LogP contribution in [0.5, 0.6) is 11.5 Å². The first-order valence-corrected chi connectivity index (χ1v) is 7.49. The van der Waals surface area contributed by atoms with Gasteiger partial charge in [-0.2, -0.15) is 5.26 Å². The lowest BCUT2D eigenvalue weighted by molar-refractivity contribution is -0.385. The van der Waals surface area contributed by atoms with E-state index in [1.165, 1.54) is 18.2 Å². The molecule has 0 unspecified atom stereocenters. The Labute approximate surface area is 148 Å². The van der Waals surface area contributed by atoms with Gasteiger partial charge in [0.15, 0.2) is 11.5 Å². The number of nitrogens with zero attached hydrogens (tertiary/aromatic N) is 2. The zero-order chi connectivity index (χ0) is 18.5. The van der Waals surface area contributed by atoms with E-state index in [0.29, 0.717) is 16.9 Å². The molecule has 1 aliphatic heterocycles. The van der Waals surface area contributed by atoms with Gasteiger partial charge in [-0.1, -0.05) is 18.2 Å². The van der Waals surface area contributed by atoms with Crippen LogP contribution in [-0.2, 0) is 16.1 Å². The Morgan fingerprint density at radius 3 is 2.77 bits per heavy atom. The second kappa shape index (κ2) is 7.36. The number of nitriles is 1. The van der Waals surface area contributed by atoms with Crippen LogP contribution in [0.1, 0.15) is 16.7 Å². The van der Waals surface area contributed by atoms with Crippen LogP contribution in [0, 0.1) is 21.4 Å². The van der Waals surface area contributed by atoms with Crippen molar-refractivity contribution in [3.05, 3.63) is 69.3 Å². The molecule has 0 N–H and O–H groups in total. The molecule has 0 atom stereocenters. The number of hydrogen-bond acceptors (Lipinski definition) is 7. The van der Waals surface area contributed by atoms with E-state index >= 15 is 0 Å². The van der Waals surface area contributed by atoms with Crippen molar-refractivity contribution < 1.29 is 23.9 Å². The Balaban J connectivity index is 1.72. The normalized spacial score (nSPS) is 12.0. The largest absolute Gasteiger partial charge is 0.458 e. The summed E-state index contributed by atoms with van der Waals surface area (Å²) < 4.78 is 15.4. The molecule has 1 heterocycles. The summed E-state index contributed by atoms with van der Waals surface area (Å²) in [7, 11) is 0. The minimum absolute atomic E-state index is 0.0139. The van der Waals surface area contributed by atoms with E-state index in [1.54, 1.807) is 24.3 Å². The van der Waals surface area contributed by atoms with Crippen molar-refractivity contribution in [3.8, 4) is 17.6 Å². The van der Waals surface area contributed by atoms with E-state index in [-0.39, 0.29) is 30.4 Å². The van der Waals surface area contributed by atoms with E-state index in [4.69, 9.17) is 19.5 Å². The standard InChI is InChI=1S/C18H12N2O6/c19-9-13-3-1-2-4-14(13)10-24-18(21)6-5-12-7-16-17(26-11-25-16)8-15(12)20(22)23/h1-8H,10-11H2/b6-5+. The van der Waals surface area contributed by atoms with Gasteiger partial charge in [-0.25, -0.2) is 4.79 Å². The summed E-state index contributed by atoms with van der Waals surface area (Å²) in [4.78, 5) is 22.5. The predicted octanol–water partition coefficient (Wildman–Crippen LogP) is 2.95. The summed E-state index contributed by atoms with van der Waals surface area (Å²) in [5.41, 5.74) is 0.961. The molecular formula is C18H12N2O6. The van der Waals surface area contributed by atoms with Crippen molar-refractivity contribution in [2.75, 3.05) is 6.79 Å². The summed E-state index contributed by atoms with van der Waals surface area (Å²) in [6.45, 7) is -0.0872. The number of nitro benzene ring substituents is 1. The SMILES string of the molecule is N#Cc1ccccc1COC(=O)/C=C/c1cc2c(cc1[N+](=O)[O-])OCO2. The molecule has 130 valence electrons. The number of rotatable bonds is 5. The minimum Gasteiger partial charge on any atom is -0.458 e. The summed E-state index contributed by atoms with van der Waals surface area (Å²) >= 11 is 0. The molecule has 3 rings (SSSR count). The van der Waals surface area contributed by atoms with Crippen LogP contribution in [0.15, 0.2) is 42.5 Å². The maximum atomic E-state index is 11.9. The van der Waals surface area contributed by atoms with E-state index in [0.717, 1.165) is 6.08 Å². The van der Waals surface area contributed by atoms with Gasteiger partial charge in [0.2, 0.25) is 6.79 Å². The van der Waals surface area contributed by atoms with Gasteiger partial charge >= 0.3 is 5.97 Å². The first kappa shape index (κ1) is 17.0. The lowest BCUT2D eigenvalue weighted by Gasteiger charge is -2.04. The number of ether oxygens (including phenoxy) is 3. The first-order valence-electron chi connectivity index (χ1n) is 7.49. The molecule has 0 saturated heterocycles. The molecular weight excluding hydrogens is 340 g/mol. The summed E-state index contributed by atoms with van der Waals surface area (Å²) in [5, 5.41) is 20.2. The molecule has 0 spiro atoms. The van der Waals surface area contributed by atoms with Crippen molar-refractivity contribution in [1.82, 2.24) is 0 Å². The van der Waals surface area contributed by atoms with E-state index < -0.39 is 10.9 Å². The van der Waals surface area contributed by atoms with E-state index in [2.05, 4.69) is 0 Å². The fourth-order valence-electron chi connectivity index (χ4n) is 2.35. The van der Waals surface area contributed by atoms with Gasteiger partial charge in [0.1, 0.15) is 6.61 Å². The van der Waals surface area contributed by atoms with Crippen molar-refractivity contribution in [2.24, 2.45) is 0 Å². The van der Waals surface area contributed by atoms with Crippen LogP contribution in [0.2, 0.25) is 0 Å². The number of esters is 1. The predicted molar refractivity (Wildman–Crippen MR) is 89.2 cm³/mol. The maximum absolute atomic E-state index is 11.9. The van der Waals surface area contributed by atoms with Crippen LogP contribution in [0.3, 0.4) is 0 Å². The molecule has 26 heavy (non-hydrogen) atoms. The fraction of sp³-hybridized carbons (Fsp3) is 0.111. The smallest absolute Gasteiger partial charge is 0.331 e. The molecule has 8 heteroatoms. The third-order valence-corrected chi connectivity index (χ3v) is 3.63. The molecule has 0 radical (unpaired) electrons. The highest BCUT2D eigenvalue weighted by Crippen LogP contribution is 2.38.